The maximum atomic E-state index is 11.8. The van der Waals surface area contributed by atoms with Gasteiger partial charge in [0.2, 0.25) is 0 Å². The van der Waals surface area contributed by atoms with Crippen molar-refractivity contribution in [2.45, 2.75) is 0 Å². The Balaban J connectivity index is 1.99. The summed E-state index contributed by atoms with van der Waals surface area (Å²) in [7, 11) is 1.26. The van der Waals surface area contributed by atoms with Gasteiger partial charge in [0.15, 0.2) is 0 Å². The predicted octanol–water partition coefficient (Wildman–Crippen LogP) is 4.13. The summed E-state index contributed by atoms with van der Waals surface area (Å²) in [5.41, 5.74) is 0.959. The third kappa shape index (κ3) is 4.68. The van der Waals surface area contributed by atoms with Crippen LogP contribution in [0.15, 0.2) is 48.5 Å². The van der Waals surface area contributed by atoms with Crippen molar-refractivity contribution in [3.8, 4) is 5.75 Å². The van der Waals surface area contributed by atoms with E-state index in [4.69, 9.17) is 16.3 Å². The van der Waals surface area contributed by atoms with E-state index in [1.807, 2.05) is 0 Å². The average Bonchev–Trinajstić information content (AvgIpc) is 2.47. The molecule has 22 heavy (non-hydrogen) atoms. The first-order chi connectivity index (χ1) is 10.6. The summed E-state index contributed by atoms with van der Waals surface area (Å²) < 4.78 is 9.61. The van der Waals surface area contributed by atoms with Crippen LogP contribution in [0.4, 0.5) is 21.0 Å². The molecule has 114 valence electrons. The Labute approximate surface area is 132 Å². The normalized spacial score (nSPS) is 9.73. The molecule has 0 radical (unpaired) electrons. The molecular weight excluding hydrogens is 308 g/mol. The van der Waals surface area contributed by atoms with Gasteiger partial charge in [0.1, 0.15) is 5.75 Å². The van der Waals surface area contributed by atoms with Crippen molar-refractivity contribution in [2.75, 3.05) is 17.7 Å². The third-order valence-electron chi connectivity index (χ3n) is 2.55. The van der Waals surface area contributed by atoms with Crippen LogP contribution in [0.3, 0.4) is 0 Å². The topological polar surface area (TPSA) is 76.7 Å². The van der Waals surface area contributed by atoms with Crippen LogP contribution in [0, 0.1) is 0 Å². The zero-order valence-electron chi connectivity index (χ0n) is 11.6. The van der Waals surface area contributed by atoms with E-state index >= 15 is 0 Å². The number of benzene rings is 2. The quantitative estimate of drug-likeness (QED) is 0.891. The van der Waals surface area contributed by atoms with E-state index in [1.165, 1.54) is 13.2 Å². The summed E-state index contributed by atoms with van der Waals surface area (Å²) in [5, 5.41) is 5.52. The monoisotopic (exact) mass is 320 g/mol. The zero-order valence-corrected chi connectivity index (χ0v) is 12.4. The molecule has 2 aromatic carbocycles. The lowest BCUT2D eigenvalue weighted by atomic mass is 10.3. The minimum absolute atomic E-state index is 0.272. The minimum Gasteiger partial charge on any atom is -0.453 e. The Morgan fingerprint density at radius 1 is 0.955 bits per heavy atom. The molecule has 0 aliphatic rings. The molecule has 0 heterocycles. The van der Waals surface area contributed by atoms with Crippen LogP contribution in [0.1, 0.15) is 0 Å². The maximum Gasteiger partial charge on any atom is 0.417 e. The minimum atomic E-state index is -0.669. The number of methoxy groups -OCH3 is 1. The van der Waals surface area contributed by atoms with E-state index in [0.29, 0.717) is 16.4 Å². The molecule has 6 nitrogen and oxygen atoms in total. The molecule has 0 atom stereocenters. The number of carbonyl (C=O) groups excluding carboxylic acids is 2. The van der Waals surface area contributed by atoms with Gasteiger partial charge in [0.25, 0.3) is 0 Å². The van der Waals surface area contributed by atoms with Crippen molar-refractivity contribution < 1.29 is 19.1 Å². The molecule has 0 saturated carbocycles. The van der Waals surface area contributed by atoms with Crippen LogP contribution >= 0.6 is 11.6 Å². The summed E-state index contributed by atoms with van der Waals surface area (Å²) in [6.07, 6.45) is -1.28. The smallest absolute Gasteiger partial charge is 0.417 e. The SMILES string of the molecule is COC(=O)Nc1cccc(OC(=O)Nc2cccc(Cl)c2)c1. The lowest BCUT2D eigenvalue weighted by Gasteiger charge is -2.08. The fraction of sp³-hybridized carbons (Fsp3) is 0.0667. The Hall–Kier alpha value is -2.73. The molecule has 2 N–H and O–H groups in total. The lowest BCUT2D eigenvalue weighted by Crippen LogP contribution is -2.17. The molecule has 0 fully saturated rings. The lowest BCUT2D eigenvalue weighted by molar-refractivity contribution is 0.187. The van der Waals surface area contributed by atoms with Gasteiger partial charge in [-0.25, -0.2) is 9.59 Å². The molecule has 2 rings (SSSR count). The fourth-order valence-corrected chi connectivity index (χ4v) is 1.81. The number of rotatable bonds is 3. The fourth-order valence-electron chi connectivity index (χ4n) is 1.62. The molecule has 2 amide bonds. The van der Waals surface area contributed by atoms with Gasteiger partial charge in [-0.05, 0) is 30.3 Å². The number of anilines is 2. The number of ether oxygens (including phenoxy) is 2. The maximum absolute atomic E-state index is 11.8. The van der Waals surface area contributed by atoms with Gasteiger partial charge >= 0.3 is 12.2 Å². The Kier molecular flexibility index (Phi) is 5.21. The highest BCUT2D eigenvalue weighted by atomic mass is 35.5. The van der Waals surface area contributed by atoms with Crippen LogP contribution in [-0.4, -0.2) is 19.3 Å². The van der Waals surface area contributed by atoms with Crippen LogP contribution < -0.4 is 15.4 Å². The van der Waals surface area contributed by atoms with Gasteiger partial charge in [-0.1, -0.05) is 23.7 Å². The highest BCUT2D eigenvalue weighted by Gasteiger charge is 2.07. The summed E-state index contributed by atoms with van der Waals surface area (Å²) in [4.78, 5) is 22.9. The van der Waals surface area contributed by atoms with Gasteiger partial charge in [-0.3, -0.25) is 10.6 Å². The van der Waals surface area contributed by atoms with Gasteiger partial charge < -0.3 is 9.47 Å². The van der Waals surface area contributed by atoms with Crippen LogP contribution in [-0.2, 0) is 4.74 Å². The number of nitrogens with one attached hydrogen (secondary N) is 2. The van der Waals surface area contributed by atoms with Gasteiger partial charge in [-0.2, -0.15) is 0 Å². The number of hydrogen-bond acceptors (Lipinski definition) is 4. The second-order valence-electron chi connectivity index (χ2n) is 4.17. The highest BCUT2D eigenvalue weighted by molar-refractivity contribution is 6.30. The van der Waals surface area contributed by atoms with Gasteiger partial charge in [-0.15, -0.1) is 0 Å². The second-order valence-corrected chi connectivity index (χ2v) is 4.61. The Morgan fingerprint density at radius 3 is 2.27 bits per heavy atom. The Bertz CT molecular complexity index is 691. The standard InChI is InChI=1S/C15H13ClN2O4/c1-21-14(19)17-12-6-3-7-13(9-12)22-15(20)18-11-5-2-4-10(16)8-11/h2-9H,1H3,(H,17,19)(H,18,20). The molecule has 7 heteroatoms. The Morgan fingerprint density at radius 2 is 1.59 bits per heavy atom. The van der Waals surface area contributed by atoms with Crippen molar-refractivity contribution in [3.05, 3.63) is 53.6 Å². The average molecular weight is 321 g/mol. The highest BCUT2D eigenvalue weighted by Crippen LogP contribution is 2.19. The first kappa shape index (κ1) is 15.7. The summed E-state index contributed by atoms with van der Waals surface area (Å²) in [6.45, 7) is 0. The largest absolute Gasteiger partial charge is 0.453 e. The molecule has 0 aliphatic carbocycles. The second kappa shape index (κ2) is 7.33. The first-order valence-corrected chi connectivity index (χ1v) is 6.64. The number of hydrogen-bond donors (Lipinski definition) is 2. The molecular formula is C15H13ClN2O4. The summed E-state index contributed by atoms with van der Waals surface area (Å²) >= 11 is 5.83. The molecule has 0 saturated heterocycles. The van der Waals surface area contributed by atoms with Gasteiger partial charge in [0, 0.05) is 22.5 Å². The van der Waals surface area contributed by atoms with Crippen molar-refractivity contribution in [3.63, 3.8) is 0 Å². The number of amides is 2. The molecule has 2 aromatic rings. The van der Waals surface area contributed by atoms with Crippen molar-refractivity contribution in [1.82, 2.24) is 0 Å². The molecule has 0 aromatic heterocycles. The first-order valence-electron chi connectivity index (χ1n) is 6.26. The molecule has 0 aliphatic heterocycles. The molecule has 0 unspecified atom stereocenters. The van der Waals surface area contributed by atoms with E-state index in [0.717, 1.165) is 0 Å². The van der Waals surface area contributed by atoms with E-state index in [2.05, 4.69) is 15.4 Å². The molecule has 0 spiro atoms. The predicted molar refractivity (Wildman–Crippen MR) is 83.6 cm³/mol. The molecule has 0 bridgehead atoms. The van der Waals surface area contributed by atoms with E-state index in [-0.39, 0.29) is 5.75 Å². The van der Waals surface area contributed by atoms with E-state index < -0.39 is 12.2 Å². The van der Waals surface area contributed by atoms with Gasteiger partial charge in [0.05, 0.1) is 7.11 Å². The number of carbonyl (C=O) groups is 2. The third-order valence-corrected chi connectivity index (χ3v) is 2.78. The van der Waals surface area contributed by atoms with Crippen molar-refractivity contribution >= 4 is 35.2 Å². The van der Waals surface area contributed by atoms with Crippen LogP contribution in [0.25, 0.3) is 0 Å². The van der Waals surface area contributed by atoms with E-state index in [1.54, 1.807) is 42.5 Å². The number of halogens is 1. The van der Waals surface area contributed by atoms with Crippen LogP contribution in [0.5, 0.6) is 5.75 Å². The summed E-state index contributed by atoms with van der Waals surface area (Å²) in [5.74, 6) is 0.272. The zero-order chi connectivity index (χ0) is 15.9. The van der Waals surface area contributed by atoms with Crippen molar-refractivity contribution in [1.29, 1.82) is 0 Å². The van der Waals surface area contributed by atoms with Crippen molar-refractivity contribution in [2.24, 2.45) is 0 Å². The summed E-state index contributed by atoms with van der Waals surface area (Å²) in [6, 6.07) is 13.0. The van der Waals surface area contributed by atoms with Crippen LogP contribution in [0.2, 0.25) is 5.02 Å². The van der Waals surface area contributed by atoms with E-state index in [9.17, 15) is 9.59 Å².